The van der Waals surface area contributed by atoms with E-state index in [2.05, 4.69) is 0 Å². The predicted molar refractivity (Wildman–Crippen MR) is 121 cm³/mol. The summed E-state index contributed by atoms with van der Waals surface area (Å²) in [6.07, 6.45) is 0.606. The molecule has 0 spiro atoms. The molecule has 32 heavy (non-hydrogen) atoms. The topological polar surface area (TPSA) is 70.8 Å². The van der Waals surface area contributed by atoms with Crippen molar-refractivity contribution in [2.75, 3.05) is 6.54 Å². The van der Waals surface area contributed by atoms with Crippen LogP contribution in [0.2, 0.25) is 0 Å². The van der Waals surface area contributed by atoms with E-state index in [9.17, 15) is 14.7 Å². The number of aliphatic hydroxyl groups is 1. The fraction of sp³-hybridized carbons (Fsp3) is 0.111. The first-order valence-electron chi connectivity index (χ1n) is 10.5. The molecule has 0 bridgehead atoms. The maximum absolute atomic E-state index is 13.5. The molecular weight excluding hydrogens is 402 g/mol. The second-order valence-electron chi connectivity index (χ2n) is 7.79. The van der Waals surface area contributed by atoms with Crippen molar-refractivity contribution >= 4 is 22.7 Å². The monoisotopic (exact) mass is 423 g/mol. The number of Topliss-reactive ketones (excluding diaryl/α,β-unsaturated/α-hetero) is 1. The number of carbonyl (C=O) groups is 2. The third-order valence-corrected chi connectivity index (χ3v) is 5.80. The van der Waals surface area contributed by atoms with Gasteiger partial charge in [-0.2, -0.15) is 0 Å². The first-order valence-corrected chi connectivity index (χ1v) is 10.5. The molecule has 1 amide bonds. The molecule has 4 aromatic rings. The number of nitrogens with zero attached hydrogens (tertiary/aromatic N) is 1. The van der Waals surface area contributed by atoms with Crippen molar-refractivity contribution in [1.82, 2.24) is 4.90 Å². The molecule has 0 saturated carbocycles. The van der Waals surface area contributed by atoms with E-state index in [1.807, 2.05) is 78.9 Å². The van der Waals surface area contributed by atoms with Gasteiger partial charge < -0.3 is 14.4 Å². The molecule has 1 aromatic heterocycles. The number of carbonyl (C=O) groups excluding carboxylic acids is 2. The Morgan fingerprint density at radius 1 is 0.906 bits per heavy atom. The molecule has 3 aromatic carbocycles. The number of hydrogen-bond acceptors (Lipinski definition) is 4. The molecular formula is C27H21NO4. The summed E-state index contributed by atoms with van der Waals surface area (Å²) in [4.78, 5) is 28.1. The van der Waals surface area contributed by atoms with Crippen molar-refractivity contribution < 1.29 is 19.1 Å². The van der Waals surface area contributed by atoms with E-state index in [0.717, 1.165) is 16.5 Å². The molecule has 1 aliphatic heterocycles. The van der Waals surface area contributed by atoms with Crippen molar-refractivity contribution in [2.24, 2.45) is 0 Å². The number of rotatable bonds is 6. The summed E-state index contributed by atoms with van der Waals surface area (Å²) in [5.41, 5.74) is 2.46. The minimum atomic E-state index is -0.687. The lowest BCUT2D eigenvalue weighted by Gasteiger charge is -2.26. The highest BCUT2D eigenvalue weighted by Crippen LogP contribution is 2.39. The zero-order valence-electron chi connectivity index (χ0n) is 17.3. The Bertz CT molecular complexity index is 1290. The van der Waals surface area contributed by atoms with E-state index in [-0.39, 0.29) is 11.3 Å². The Labute approximate surface area is 185 Å². The van der Waals surface area contributed by atoms with Crippen molar-refractivity contribution in [3.63, 3.8) is 0 Å². The Balaban J connectivity index is 1.53. The number of ketones is 1. The van der Waals surface area contributed by atoms with E-state index in [0.29, 0.717) is 18.5 Å². The van der Waals surface area contributed by atoms with Crippen LogP contribution in [0.5, 0.6) is 0 Å². The SMILES string of the molecule is O=C(C1=C(O)C(=O)N(CCc2ccccc2)C1c1ccccc1)c1cc2ccccc2o1. The number of fused-ring (bicyclic) bond motifs is 1. The fourth-order valence-corrected chi connectivity index (χ4v) is 4.22. The van der Waals surface area contributed by atoms with Crippen molar-refractivity contribution in [2.45, 2.75) is 12.5 Å². The maximum atomic E-state index is 13.5. The number of benzene rings is 3. The van der Waals surface area contributed by atoms with Crippen LogP contribution in [-0.2, 0) is 11.2 Å². The normalized spacial score (nSPS) is 16.2. The Kier molecular flexibility index (Phi) is 5.07. The van der Waals surface area contributed by atoms with Crippen molar-refractivity contribution in [3.05, 3.63) is 119 Å². The molecule has 1 atom stereocenters. The average molecular weight is 423 g/mol. The molecule has 158 valence electrons. The second-order valence-corrected chi connectivity index (χ2v) is 7.79. The zero-order chi connectivity index (χ0) is 22.1. The number of aliphatic hydroxyl groups excluding tert-OH is 1. The van der Waals surface area contributed by atoms with Gasteiger partial charge in [0.25, 0.3) is 5.91 Å². The first kappa shape index (κ1) is 19.8. The van der Waals surface area contributed by atoms with Gasteiger partial charge in [-0.3, -0.25) is 9.59 Å². The number of furan rings is 1. The van der Waals surface area contributed by atoms with Gasteiger partial charge in [-0.1, -0.05) is 78.9 Å². The summed E-state index contributed by atoms with van der Waals surface area (Å²) in [5.74, 6) is -1.44. The largest absolute Gasteiger partial charge is 0.503 e. The quantitative estimate of drug-likeness (QED) is 0.430. The highest BCUT2D eigenvalue weighted by molar-refractivity contribution is 6.16. The molecule has 5 heteroatoms. The lowest BCUT2D eigenvalue weighted by molar-refractivity contribution is -0.129. The smallest absolute Gasteiger partial charge is 0.290 e. The molecule has 1 unspecified atom stereocenters. The van der Waals surface area contributed by atoms with Crippen LogP contribution in [0.15, 0.2) is 107 Å². The van der Waals surface area contributed by atoms with Crippen LogP contribution < -0.4 is 0 Å². The van der Waals surface area contributed by atoms with Crippen LogP contribution in [0, 0.1) is 0 Å². The summed E-state index contributed by atoms with van der Waals surface area (Å²) in [7, 11) is 0. The molecule has 0 saturated heterocycles. The Morgan fingerprint density at radius 2 is 1.56 bits per heavy atom. The van der Waals surface area contributed by atoms with Crippen molar-refractivity contribution in [3.8, 4) is 0 Å². The third-order valence-electron chi connectivity index (χ3n) is 5.80. The summed E-state index contributed by atoms with van der Waals surface area (Å²) in [6.45, 7) is 0.364. The summed E-state index contributed by atoms with van der Waals surface area (Å²) >= 11 is 0. The molecule has 1 aliphatic rings. The standard InChI is InChI=1S/C27H21NO4/c29-25(22-17-20-13-7-8-14-21(20)32-22)23-24(19-11-5-2-6-12-19)28(27(31)26(23)30)16-15-18-9-3-1-4-10-18/h1-14,17,24,30H,15-16H2. The lowest BCUT2D eigenvalue weighted by Crippen LogP contribution is -2.33. The Morgan fingerprint density at radius 3 is 2.28 bits per heavy atom. The van der Waals surface area contributed by atoms with E-state index in [1.165, 1.54) is 0 Å². The van der Waals surface area contributed by atoms with Crippen LogP contribution in [0.4, 0.5) is 0 Å². The van der Waals surface area contributed by atoms with Gasteiger partial charge in [0.1, 0.15) is 5.58 Å². The van der Waals surface area contributed by atoms with Gasteiger partial charge in [0.2, 0.25) is 5.78 Å². The molecule has 0 radical (unpaired) electrons. The first-order chi connectivity index (χ1) is 15.6. The zero-order valence-corrected chi connectivity index (χ0v) is 17.3. The van der Waals surface area contributed by atoms with Crippen LogP contribution in [-0.4, -0.2) is 28.2 Å². The van der Waals surface area contributed by atoms with E-state index in [4.69, 9.17) is 4.42 Å². The molecule has 1 N–H and O–H groups in total. The highest BCUT2D eigenvalue weighted by atomic mass is 16.3. The molecule has 5 rings (SSSR count). The van der Waals surface area contributed by atoms with Gasteiger partial charge in [-0.05, 0) is 29.7 Å². The van der Waals surface area contributed by atoms with Crippen molar-refractivity contribution in [1.29, 1.82) is 0 Å². The van der Waals surface area contributed by atoms with E-state index < -0.39 is 23.5 Å². The van der Waals surface area contributed by atoms with Crippen LogP contribution in [0.25, 0.3) is 11.0 Å². The molecule has 0 aliphatic carbocycles. The summed E-state index contributed by atoms with van der Waals surface area (Å²) in [5, 5.41) is 11.6. The third kappa shape index (κ3) is 3.48. The van der Waals surface area contributed by atoms with Gasteiger partial charge in [0.05, 0.1) is 11.6 Å². The minimum absolute atomic E-state index is 0.0494. The van der Waals surface area contributed by atoms with Gasteiger partial charge in [0.15, 0.2) is 11.5 Å². The highest BCUT2D eigenvalue weighted by Gasteiger charge is 2.44. The van der Waals surface area contributed by atoms with Crippen LogP contribution >= 0.6 is 0 Å². The number of para-hydroxylation sites is 1. The fourth-order valence-electron chi connectivity index (χ4n) is 4.22. The molecule has 0 fully saturated rings. The van der Waals surface area contributed by atoms with Gasteiger partial charge in [-0.15, -0.1) is 0 Å². The molecule has 5 nitrogen and oxygen atoms in total. The number of hydrogen-bond donors (Lipinski definition) is 1. The number of amides is 1. The Hall–Kier alpha value is -4.12. The average Bonchev–Trinajstić information content (AvgIpc) is 3.38. The van der Waals surface area contributed by atoms with Gasteiger partial charge >= 0.3 is 0 Å². The van der Waals surface area contributed by atoms with E-state index >= 15 is 0 Å². The van der Waals surface area contributed by atoms with Crippen LogP contribution in [0.1, 0.15) is 27.7 Å². The molecule has 2 heterocycles. The van der Waals surface area contributed by atoms with E-state index in [1.54, 1.807) is 17.0 Å². The predicted octanol–water partition coefficient (Wildman–Crippen LogP) is 5.25. The van der Waals surface area contributed by atoms with Crippen LogP contribution in [0.3, 0.4) is 0 Å². The minimum Gasteiger partial charge on any atom is -0.503 e. The van der Waals surface area contributed by atoms with Gasteiger partial charge in [0, 0.05) is 11.9 Å². The second kappa shape index (κ2) is 8.19. The summed E-state index contributed by atoms with van der Waals surface area (Å²) in [6, 6.07) is 27.4. The summed E-state index contributed by atoms with van der Waals surface area (Å²) < 4.78 is 5.75. The lowest BCUT2D eigenvalue weighted by atomic mass is 9.95. The maximum Gasteiger partial charge on any atom is 0.290 e. The van der Waals surface area contributed by atoms with Gasteiger partial charge in [-0.25, -0.2) is 0 Å².